The highest BCUT2D eigenvalue weighted by atomic mass is 79.9. The number of hydrogen-bond donors (Lipinski definition) is 3. The number of carbonyl (C=O) groups is 1. The lowest BCUT2D eigenvalue weighted by Gasteiger charge is -2.14. The van der Waals surface area contributed by atoms with E-state index >= 15 is 0 Å². The topological polar surface area (TPSA) is 69.3 Å². The van der Waals surface area contributed by atoms with E-state index in [2.05, 4.69) is 56.7 Å². The molecule has 3 N–H and O–H groups in total. The molecule has 0 bridgehead atoms. The number of amides is 1. The maximum Gasteiger partial charge on any atom is 0.257 e. The molecule has 1 heterocycles. The summed E-state index contributed by atoms with van der Waals surface area (Å²) < 4.78 is 0.926. The molecule has 5 nitrogen and oxygen atoms in total. The van der Waals surface area contributed by atoms with E-state index in [9.17, 15) is 4.79 Å². The van der Waals surface area contributed by atoms with Crippen molar-refractivity contribution < 1.29 is 4.79 Å². The number of benzene rings is 3. The molecule has 162 valence electrons. The average Bonchev–Trinajstić information content (AvgIpc) is 3.19. The van der Waals surface area contributed by atoms with Crippen molar-refractivity contribution in [3.05, 3.63) is 99.7 Å². The Morgan fingerprint density at radius 3 is 2.59 bits per heavy atom. The highest BCUT2D eigenvalue weighted by Gasteiger charge is 2.11. The smallest absolute Gasteiger partial charge is 0.257 e. The van der Waals surface area contributed by atoms with Crippen LogP contribution in [0.25, 0.3) is 10.9 Å². The predicted octanol–water partition coefficient (Wildman–Crippen LogP) is 5.99. The van der Waals surface area contributed by atoms with E-state index < -0.39 is 0 Å². The van der Waals surface area contributed by atoms with Crippen LogP contribution in [0.3, 0.4) is 0 Å². The second-order valence-electron chi connectivity index (χ2n) is 7.74. The summed E-state index contributed by atoms with van der Waals surface area (Å²) in [7, 11) is 0. The van der Waals surface area contributed by atoms with Crippen molar-refractivity contribution in [3.8, 4) is 0 Å². The van der Waals surface area contributed by atoms with Gasteiger partial charge in [-0.1, -0.05) is 51.8 Å². The number of aryl methyl sites for hydroxylation is 2. The quantitative estimate of drug-likeness (QED) is 0.238. The monoisotopic (exact) mass is 488 g/mol. The third kappa shape index (κ3) is 5.26. The van der Waals surface area contributed by atoms with Crippen molar-refractivity contribution in [1.82, 2.24) is 10.3 Å². The van der Waals surface area contributed by atoms with E-state index in [1.807, 2.05) is 49.5 Å². The summed E-state index contributed by atoms with van der Waals surface area (Å²) in [4.78, 5) is 20.8. The highest BCUT2D eigenvalue weighted by Crippen LogP contribution is 2.19. The van der Waals surface area contributed by atoms with E-state index in [0.29, 0.717) is 18.1 Å². The van der Waals surface area contributed by atoms with E-state index in [0.717, 1.165) is 27.7 Å². The fourth-order valence-corrected chi connectivity index (χ4v) is 3.86. The van der Waals surface area contributed by atoms with Gasteiger partial charge < -0.3 is 10.3 Å². The lowest BCUT2D eigenvalue weighted by molar-refractivity contribution is 0.0977. The molecule has 0 saturated heterocycles. The van der Waals surface area contributed by atoms with Crippen molar-refractivity contribution in [2.45, 2.75) is 20.3 Å². The number of carbonyl (C=O) groups excluding carboxylic acids is 1. The molecular formula is C26H25BrN4O. The Kier molecular flexibility index (Phi) is 6.71. The molecule has 1 aromatic heterocycles. The minimum absolute atomic E-state index is 0.208. The van der Waals surface area contributed by atoms with Gasteiger partial charge in [-0.05, 0) is 67.8 Å². The van der Waals surface area contributed by atoms with E-state index in [4.69, 9.17) is 4.99 Å². The van der Waals surface area contributed by atoms with Crippen molar-refractivity contribution in [2.75, 3.05) is 11.9 Å². The number of para-hydroxylation sites is 1. The number of nitrogens with zero attached hydrogens (tertiary/aromatic N) is 1. The zero-order valence-corrected chi connectivity index (χ0v) is 19.7. The van der Waals surface area contributed by atoms with Crippen LogP contribution >= 0.6 is 15.9 Å². The highest BCUT2D eigenvalue weighted by molar-refractivity contribution is 9.10. The molecule has 0 radical (unpaired) electrons. The first kappa shape index (κ1) is 21.8. The molecule has 0 aliphatic carbocycles. The van der Waals surface area contributed by atoms with Gasteiger partial charge in [0.05, 0.1) is 0 Å². The van der Waals surface area contributed by atoms with Gasteiger partial charge in [0.2, 0.25) is 5.96 Å². The number of aromatic amines is 1. The van der Waals surface area contributed by atoms with Gasteiger partial charge in [0.25, 0.3) is 5.91 Å². The molecule has 0 spiro atoms. The number of rotatable bonds is 5. The number of fused-ring (bicyclic) bond motifs is 1. The number of halogens is 1. The van der Waals surface area contributed by atoms with Crippen LogP contribution in [0.15, 0.2) is 82.4 Å². The predicted molar refractivity (Wildman–Crippen MR) is 135 cm³/mol. The second-order valence-corrected chi connectivity index (χ2v) is 8.66. The number of guanidine groups is 1. The Morgan fingerprint density at radius 1 is 1.03 bits per heavy atom. The van der Waals surface area contributed by atoms with Gasteiger partial charge >= 0.3 is 0 Å². The summed E-state index contributed by atoms with van der Waals surface area (Å²) in [5.74, 6) is 0.227. The maximum absolute atomic E-state index is 12.8. The van der Waals surface area contributed by atoms with Crippen molar-refractivity contribution in [1.29, 1.82) is 0 Å². The molecule has 3 aromatic carbocycles. The standard InChI is InChI=1S/C26H25BrN4O/c1-17-7-12-23(18(2)15-17)30-26(31-25(32)19-8-10-21(27)11-9-19)28-14-13-20-16-29-24-6-4-3-5-22(20)24/h3-12,15-16,29H,13-14H2,1-2H3,(H2,28,30,31,32). The molecule has 4 rings (SSSR count). The van der Waals surface area contributed by atoms with Crippen LogP contribution in [-0.2, 0) is 6.42 Å². The van der Waals surface area contributed by atoms with Crippen LogP contribution in [0.4, 0.5) is 5.69 Å². The minimum atomic E-state index is -0.208. The largest absolute Gasteiger partial charge is 0.361 e. The average molecular weight is 489 g/mol. The van der Waals surface area contributed by atoms with E-state index in [1.54, 1.807) is 12.1 Å². The number of anilines is 1. The lowest BCUT2D eigenvalue weighted by Crippen LogP contribution is -2.36. The molecule has 4 aromatic rings. The molecule has 32 heavy (non-hydrogen) atoms. The van der Waals surface area contributed by atoms with Crippen LogP contribution in [0.5, 0.6) is 0 Å². The molecule has 0 unspecified atom stereocenters. The minimum Gasteiger partial charge on any atom is -0.361 e. The first-order valence-corrected chi connectivity index (χ1v) is 11.3. The number of hydrogen-bond acceptors (Lipinski definition) is 2. The summed E-state index contributed by atoms with van der Waals surface area (Å²) in [5.41, 5.74) is 6.08. The summed E-state index contributed by atoms with van der Waals surface area (Å²) >= 11 is 3.40. The molecule has 1 amide bonds. The third-order valence-electron chi connectivity index (χ3n) is 5.30. The Morgan fingerprint density at radius 2 is 1.81 bits per heavy atom. The van der Waals surface area contributed by atoms with Gasteiger partial charge in [-0.15, -0.1) is 0 Å². The van der Waals surface area contributed by atoms with Crippen molar-refractivity contribution >= 4 is 44.4 Å². The number of nitrogens with one attached hydrogen (secondary N) is 3. The lowest BCUT2D eigenvalue weighted by atomic mass is 10.1. The van der Waals surface area contributed by atoms with E-state index in [-0.39, 0.29) is 5.91 Å². The Balaban J connectivity index is 1.54. The maximum atomic E-state index is 12.8. The Hall–Kier alpha value is -3.38. The van der Waals surface area contributed by atoms with Crippen molar-refractivity contribution in [2.24, 2.45) is 4.99 Å². The Bertz CT molecular complexity index is 1270. The first-order valence-electron chi connectivity index (χ1n) is 10.5. The van der Waals surface area contributed by atoms with Gasteiger partial charge in [-0.3, -0.25) is 15.1 Å². The van der Waals surface area contributed by atoms with Gasteiger partial charge in [0.1, 0.15) is 0 Å². The molecule has 0 saturated carbocycles. The van der Waals surface area contributed by atoms with Gasteiger partial charge in [-0.25, -0.2) is 0 Å². The first-order chi connectivity index (χ1) is 15.5. The second kappa shape index (κ2) is 9.83. The zero-order valence-electron chi connectivity index (χ0n) is 18.1. The number of H-pyrrole nitrogens is 1. The van der Waals surface area contributed by atoms with Crippen LogP contribution in [-0.4, -0.2) is 23.4 Å². The molecule has 0 atom stereocenters. The number of aliphatic imine (C=N–C) groups is 1. The SMILES string of the molecule is Cc1ccc(NC(=NCCc2c[nH]c3ccccc23)NC(=O)c2ccc(Br)cc2)c(C)c1. The number of aromatic nitrogens is 1. The normalized spacial score (nSPS) is 11.5. The van der Waals surface area contributed by atoms with Crippen LogP contribution in [0.2, 0.25) is 0 Å². The fraction of sp³-hybridized carbons (Fsp3) is 0.154. The fourth-order valence-electron chi connectivity index (χ4n) is 3.60. The summed E-state index contributed by atoms with van der Waals surface area (Å²) in [6, 6.07) is 21.6. The third-order valence-corrected chi connectivity index (χ3v) is 5.83. The van der Waals surface area contributed by atoms with Crippen LogP contribution < -0.4 is 10.6 Å². The van der Waals surface area contributed by atoms with Gasteiger partial charge in [0, 0.05) is 39.4 Å². The summed E-state index contributed by atoms with van der Waals surface area (Å²) in [6.45, 7) is 4.63. The molecule has 0 aliphatic heterocycles. The summed E-state index contributed by atoms with van der Waals surface area (Å²) in [5, 5.41) is 7.44. The van der Waals surface area contributed by atoms with Gasteiger partial charge in [-0.2, -0.15) is 0 Å². The van der Waals surface area contributed by atoms with Gasteiger partial charge in [0.15, 0.2) is 0 Å². The molecule has 0 fully saturated rings. The Labute approximate surface area is 196 Å². The summed E-state index contributed by atoms with van der Waals surface area (Å²) in [6.07, 6.45) is 2.79. The molecule has 6 heteroatoms. The van der Waals surface area contributed by atoms with Crippen LogP contribution in [0.1, 0.15) is 27.0 Å². The zero-order chi connectivity index (χ0) is 22.5. The van der Waals surface area contributed by atoms with E-state index in [1.165, 1.54) is 16.5 Å². The molecule has 0 aliphatic rings. The van der Waals surface area contributed by atoms with Crippen LogP contribution in [0, 0.1) is 13.8 Å². The van der Waals surface area contributed by atoms with Crippen molar-refractivity contribution in [3.63, 3.8) is 0 Å². The molecular weight excluding hydrogens is 464 g/mol.